The Morgan fingerprint density at radius 2 is 1.96 bits per heavy atom. The summed E-state index contributed by atoms with van der Waals surface area (Å²) in [5, 5.41) is 0.598. The topological polar surface area (TPSA) is 87.7 Å². The largest absolute Gasteiger partial charge is 0.450 e. The maximum atomic E-state index is 12.2. The minimum Gasteiger partial charge on any atom is -0.450 e. The molecule has 0 unspecified atom stereocenters. The molecule has 1 aliphatic rings. The Morgan fingerprint density at radius 1 is 1.24 bits per heavy atom. The number of amides is 3. The van der Waals surface area contributed by atoms with Crippen LogP contribution in [0.4, 0.5) is 4.79 Å². The van der Waals surface area contributed by atoms with E-state index in [1.807, 2.05) is 0 Å². The monoisotopic (exact) mass is 367 g/mol. The highest BCUT2D eigenvalue weighted by Crippen LogP contribution is 2.17. The van der Waals surface area contributed by atoms with Gasteiger partial charge in [0.15, 0.2) is 0 Å². The number of hydrogen-bond acceptors (Lipinski definition) is 4. The summed E-state index contributed by atoms with van der Waals surface area (Å²) in [4.78, 5) is 37.4. The van der Waals surface area contributed by atoms with Gasteiger partial charge in [-0.1, -0.05) is 23.7 Å². The molecule has 1 atom stereocenters. The first-order valence-electron chi connectivity index (χ1n) is 8.24. The molecule has 1 aliphatic heterocycles. The smallest absolute Gasteiger partial charge is 0.409 e. The van der Waals surface area contributed by atoms with Crippen LogP contribution >= 0.6 is 11.6 Å². The van der Waals surface area contributed by atoms with Crippen molar-refractivity contribution < 1.29 is 19.1 Å². The SMILES string of the molecule is CCOC(=O)N1CCC[C@@H](C(=O)NNC(=O)Cc2ccc(Cl)cc2)C1. The second-order valence-corrected chi connectivity index (χ2v) is 6.26. The summed E-state index contributed by atoms with van der Waals surface area (Å²) < 4.78 is 4.96. The van der Waals surface area contributed by atoms with Crippen molar-refractivity contribution in [1.82, 2.24) is 15.8 Å². The van der Waals surface area contributed by atoms with Crippen molar-refractivity contribution in [3.63, 3.8) is 0 Å². The van der Waals surface area contributed by atoms with Crippen LogP contribution in [0.15, 0.2) is 24.3 Å². The van der Waals surface area contributed by atoms with Crippen LogP contribution in [-0.2, 0) is 20.7 Å². The molecule has 7 nitrogen and oxygen atoms in total. The lowest BCUT2D eigenvalue weighted by Gasteiger charge is -2.31. The van der Waals surface area contributed by atoms with Crippen LogP contribution in [0.2, 0.25) is 5.02 Å². The number of piperidine rings is 1. The number of carbonyl (C=O) groups excluding carboxylic acids is 3. The average Bonchev–Trinajstić information content (AvgIpc) is 2.62. The Kier molecular flexibility index (Phi) is 7.06. The van der Waals surface area contributed by atoms with Crippen LogP contribution in [0, 0.1) is 5.92 Å². The molecule has 1 aromatic rings. The quantitative estimate of drug-likeness (QED) is 0.795. The standard InChI is InChI=1S/C17H22ClN3O4/c1-2-25-17(24)21-9-3-4-13(11-21)16(23)20-19-15(22)10-12-5-7-14(18)8-6-12/h5-8,13H,2-4,9-11H2,1H3,(H,19,22)(H,20,23)/t13-/m1/s1. The van der Waals surface area contributed by atoms with Crippen LogP contribution in [0.3, 0.4) is 0 Å². The highest BCUT2D eigenvalue weighted by Gasteiger charge is 2.29. The van der Waals surface area contributed by atoms with Crippen LogP contribution in [0.1, 0.15) is 25.3 Å². The minimum absolute atomic E-state index is 0.136. The lowest BCUT2D eigenvalue weighted by atomic mass is 9.98. The van der Waals surface area contributed by atoms with Gasteiger partial charge in [0.2, 0.25) is 11.8 Å². The van der Waals surface area contributed by atoms with E-state index >= 15 is 0 Å². The Bertz CT molecular complexity index is 621. The number of halogens is 1. The molecular formula is C17H22ClN3O4. The van der Waals surface area contributed by atoms with Gasteiger partial charge < -0.3 is 9.64 Å². The first-order valence-corrected chi connectivity index (χ1v) is 8.62. The predicted molar refractivity (Wildman–Crippen MR) is 92.8 cm³/mol. The maximum absolute atomic E-state index is 12.2. The Morgan fingerprint density at radius 3 is 2.64 bits per heavy atom. The molecule has 1 heterocycles. The third-order valence-corrected chi connectivity index (χ3v) is 4.17. The second-order valence-electron chi connectivity index (χ2n) is 5.82. The summed E-state index contributed by atoms with van der Waals surface area (Å²) in [5.74, 6) is -0.999. The molecular weight excluding hydrogens is 346 g/mol. The predicted octanol–water partition coefficient (Wildman–Crippen LogP) is 1.90. The number of rotatable bonds is 4. The van der Waals surface area contributed by atoms with Gasteiger partial charge in [0.25, 0.3) is 0 Å². The fraction of sp³-hybridized carbons (Fsp3) is 0.471. The lowest BCUT2D eigenvalue weighted by Crippen LogP contribution is -2.50. The van der Waals surface area contributed by atoms with Gasteiger partial charge in [-0.3, -0.25) is 20.4 Å². The summed E-state index contributed by atoms with van der Waals surface area (Å²) in [6.07, 6.45) is 1.10. The highest BCUT2D eigenvalue weighted by molar-refractivity contribution is 6.30. The van der Waals surface area contributed by atoms with E-state index in [4.69, 9.17) is 16.3 Å². The van der Waals surface area contributed by atoms with E-state index in [2.05, 4.69) is 10.9 Å². The summed E-state index contributed by atoms with van der Waals surface area (Å²) in [6.45, 7) is 2.90. The molecule has 3 amide bonds. The average molecular weight is 368 g/mol. The van der Waals surface area contributed by atoms with Crippen molar-refractivity contribution in [2.45, 2.75) is 26.2 Å². The number of nitrogens with zero attached hydrogens (tertiary/aromatic N) is 1. The lowest BCUT2D eigenvalue weighted by molar-refractivity contribution is -0.132. The molecule has 2 rings (SSSR count). The van der Waals surface area contributed by atoms with Crippen molar-refractivity contribution in [3.8, 4) is 0 Å². The third-order valence-electron chi connectivity index (χ3n) is 3.92. The Labute approximate surface area is 151 Å². The van der Waals surface area contributed by atoms with Gasteiger partial charge in [-0.25, -0.2) is 4.79 Å². The Hall–Kier alpha value is -2.28. The minimum atomic E-state index is -0.410. The third kappa shape index (κ3) is 5.94. The normalized spacial score (nSPS) is 16.9. The molecule has 136 valence electrons. The fourth-order valence-electron chi connectivity index (χ4n) is 2.64. The van der Waals surface area contributed by atoms with Crippen LogP contribution < -0.4 is 10.9 Å². The molecule has 0 aromatic heterocycles. The first-order chi connectivity index (χ1) is 12.0. The van der Waals surface area contributed by atoms with Crippen molar-refractivity contribution >= 4 is 29.5 Å². The fourth-order valence-corrected chi connectivity index (χ4v) is 2.76. The van der Waals surface area contributed by atoms with Gasteiger partial charge in [-0.15, -0.1) is 0 Å². The van der Waals surface area contributed by atoms with E-state index in [-0.39, 0.29) is 30.7 Å². The highest BCUT2D eigenvalue weighted by atomic mass is 35.5. The molecule has 1 aromatic carbocycles. The number of likely N-dealkylation sites (tertiary alicyclic amines) is 1. The Balaban J connectivity index is 1.78. The van der Waals surface area contributed by atoms with Crippen molar-refractivity contribution in [1.29, 1.82) is 0 Å². The van der Waals surface area contributed by atoms with Gasteiger partial charge in [0, 0.05) is 18.1 Å². The van der Waals surface area contributed by atoms with Gasteiger partial charge >= 0.3 is 6.09 Å². The van der Waals surface area contributed by atoms with E-state index < -0.39 is 6.09 Å². The summed E-state index contributed by atoms with van der Waals surface area (Å²) in [7, 11) is 0. The van der Waals surface area contributed by atoms with Gasteiger partial charge in [0.1, 0.15) is 0 Å². The number of hydrazine groups is 1. The molecule has 0 saturated carbocycles. The summed E-state index contributed by atoms with van der Waals surface area (Å²) >= 11 is 5.80. The van der Waals surface area contributed by atoms with Crippen LogP contribution in [-0.4, -0.2) is 42.5 Å². The molecule has 0 spiro atoms. The van der Waals surface area contributed by atoms with E-state index in [1.165, 1.54) is 4.90 Å². The number of ether oxygens (including phenoxy) is 1. The molecule has 25 heavy (non-hydrogen) atoms. The summed E-state index contributed by atoms with van der Waals surface area (Å²) in [5.41, 5.74) is 5.63. The van der Waals surface area contributed by atoms with Crippen molar-refractivity contribution in [3.05, 3.63) is 34.9 Å². The number of carbonyl (C=O) groups is 3. The van der Waals surface area contributed by atoms with Gasteiger partial charge in [0.05, 0.1) is 18.9 Å². The van der Waals surface area contributed by atoms with Crippen molar-refractivity contribution in [2.75, 3.05) is 19.7 Å². The van der Waals surface area contributed by atoms with Gasteiger partial charge in [-0.05, 0) is 37.5 Å². The molecule has 0 aliphatic carbocycles. The van der Waals surface area contributed by atoms with E-state index in [0.717, 1.165) is 12.0 Å². The number of hydrogen-bond donors (Lipinski definition) is 2. The zero-order valence-corrected chi connectivity index (χ0v) is 14.8. The van der Waals surface area contributed by atoms with Crippen LogP contribution in [0.5, 0.6) is 0 Å². The van der Waals surface area contributed by atoms with Gasteiger partial charge in [-0.2, -0.15) is 0 Å². The first kappa shape index (κ1) is 19.1. The molecule has 1 fully saturated rings. The maximum Gasteiger partial charge on any atom is 0.409 e. The van der Waals surface area contributed by atoms with E-state index in [0.29, 0.717) is 24.6 Å². The molecule has 0 radical (unpaired) electrons. The molecule has 0 bridgehead atoms. The van der Waals surface area contributed by atoms with Crippen molar-refractivity contribution in [2.24, 2.45) is 5.92 Å². The molecule has 1 saturated heterocycles. The second kappa shape index (κ2) is 9.27. The number of benzene rings is 1. The van der Waals surface area contributed by atoms with Crippen LogP contribution in [0.25, 0.3) is 0 Å². The molecule has 2 N–H and O–H groups in total. The molecule has 8 heteroatoms. The summed E-state index contributed by atoms with van der Waals surface area (Å²) in [6, 6.07) is 6.91. The zero-order valence-electron chi connectivity index (χ0n) is 14.1. The van der Waals surface area contributed by atoms with E-state index in [9.17, 15) is 14.4 Å². The zero-order chi connectivity index (χ0) is 18.2. The number of nitrogens with one attached hydrogen (secondary N) is 2. The van der Waals surface area contributed by atoms with E-state index in [1.54, 1.807) is 31.2 Å².